The summed E-state index contributed by atoms with van der Waals surface area (Å²) in [6.45, 7) is 1.68. The minimum Gasteiger partial charge on any atom is -0.341 e. The number of halogens is 1. The lowest BCUT2D eigenvalue weighted by atomic mass is 9.96. The Kier molecular flexibility index (Phi) is 4.78. The zero-order valence-electron chi connectivity index (χ0n) is 15.8. The van der Waals surface area contributed by atoms with Crippen LogP contribution in [0.4, 0.5) is 9.18 Å². The van der Waals surface area contributed by atoms with Crippen LogP contribution in [0.3, 0.4) is 0 Å². The summed E-state index contributed by atoms with van der Waals surface area (Å²) < 4.78 is 13.3. The van der Waals surface area contributed by atoms with Crippen molar-refractivity contribution in [1.29, 1.82) is 0 Å². The van der Waals surface area contributed by atoms with Crippen LogP contribution in [0.2, 0.25) is 0 Å². The van der Waals surface area contributed by atoms with E-state index in [9.17, 15) is 18.8 Å². The molecule has 1 atom stereocenters. The number of nitrogens with one attached hydrogen (secondary N) is 1. The van der Waals surface area contributed by atoms with Crippen molar-refractivity contribution >= 4 is 17.8 Å². The van der Waals surface area contributed by atoms with Crippen LogP contribution in [0.5, 0.6) is 0 Å². The second-order valence-electron chi connectivity index (χ2n) is 7.46. The smallest absolute Gasteiger partial charge is 0.322 e. The lowest BCUT2D eigenvalue weighted by Crippen LogP contribution is -2.45. The third-order valence-corrected chi connectivity index (χ3v) is 5.67. The molecule has 0 unspecified atom stereocenters. The van der Waals surface area contributed by atoms with E-state index in [1.165, 1.54) is 21.9 Å². The van der Waals surface area contributed by atoms with Crippen LogP contribution in [-0.4, -0.2) is 65.8 Å². The number of rotatable bonds is 3. The van der Waals surface area contributed by atoms with E-state index in [1.807, 2.05) is 0 Å². The molecule has 1 fully saturated rings. The van der Waals surface area contributed by atoms with E-state index in [0.29, 0.717) is 16.8 Å². The number of piperidine rings is 1. The first-order chi connectivity index (χ1) is 13.5. The van der Waals surface area contributed by atoms with Gasteiger partial charge in [0.25, 0.3) is 5.91 Å². The highest BCUT2D eigenvalue weighted by atomic mass is 19.1. The Morgan fingerprint density at radius 3 is 2.50 bits per heavy atom. The number of likely N-dealkylation sites (tertiary alicyclic amines) is 1. The third-order valence-electron chi connectivity index (χ3n) is 5.67. The van der Waals surface area contributed by atoms with Crippen LogP contribution in [0.1, 0.15) is 30.9 Å². The Bertz CT molecular complexity index is 846. The minimum absolute atomic E-state index is 0.00397. The van der Waals surface area contributed by atoms with Gasteiger partial charge in [-0.15, -0.1) is 0 Å². The van der Waals surface area contributed by atoms with E-state index in [-0.39, 0.29) is 36.8 Å². The van der Waals surface area contributed by atoms with E-state index in [2.05, 4.69) is 5.32 Å². The largest absolute Gasteiger partial charge is 0.341 e. The summed E-state index contributed by atoms with van der Waals surface area (Å²) in [7, 11) is 1.61. The maximum Gasteiger partial charge on any atom is 0.322 e. The molecule has 0 aliphatic carbocycles. The Labute approximate surface area is 162 Å². The number of nitrogens with zero attached hydrogens (tertiary/aromatic N) is 3. The fourth-order valence-corrected chi connectivity index (χ4v) is 4.06. The molecule has 0 radical (unpaired) electrons. The minimum atomic E-state index is -0.651. The normalized spacial score (nSPS) is 22.5. The van der Waals surface area contributed by atoms with Crippen molar-refractivity contribution in [3.8, 4) is 0 Å². The fourth-order valence-electron chi connectivity index (χ4n) is 4.06. The summed E-state index contributed by atoms with van der Waals surface area (Å²) in [6.07, 6.45) is 3.10. The van der Waals surface area contributed by atoms with Crippen molar-refractivity contribution in [2.45, 2.75) is 25.3 Å². The van der Waals surface area contributed by atoms with Gasteiger partial charge in [0.2, 0.25) is 5.91 Å². The molecule has 4 rings (SSSR count). The van der Waals surface area contributed by atoms with E-state index in [4.69, 9.17) is 0 Å². The first kappa shape index (κ1) is 18.5. The summed E-state index contributed by atoms with van der Waals surface area (Å²) in [5, 5.41) is 2.80. The molecule has 3 aliphatic heterocycles. The maximum absolute atomic E-state index is 13.3. The van der Waals surface area contributed by atoms with E-state index in [0.717, 1.165) is 32.4 Å². The average Bonchev–Trinajstić information content (AvgIpc) is 3.03. The number of benzene rings is 1. The molecule has 8 heteroatoms. The number of hydrogen-bond donors (Lipinski definition) is 1. The van der Waals surface area contributed by atoms with Gasteiger partial charge < -0.3 is 15.1 Å². The number of urea groups is 1. The number of carbonyl (C=O) groups is 3. The van der Waals surface area contributed by atoms with Crippen LogP contribution >= 0.6 is 0 Å². The van der Waals surface area contributed by atoms with Gasteiger partial charge in [-0.25, -0.2) is 9.18 Å². The molecule has 1 saturated heterocycles. The number of hydrogen-bond acceptors (Lipinski definition) is 3. The van der Waals surface area contributed by atoms with Crippen molar-refractivity contribution < 1.29 is 18.8 Å². The molecule has 0 saturated carbocycles. The standard InChI is InChI=1S/C20H23FN4O3/c1-23-15-11-25(12-16(26)24-9-3-2-4-10-24)19(27)17(15)18(22-20(23)28)13-5-7-14(21)8-6-13/h5-8,18H,2-4,9-12H2,1H3,(H,22,28)/t18-/m1/s1. The molecule has 1 aromatic rings. The van der Waals surface area contributed by atoms with Gasteiger partial charge >= 0.3 is 6.03 Å². The highest BCUT2D eigenvalue weighted by Crippen LogP contribution is 2.35. The molecule has 148 valence electrons. The molecular weight excluding hydrogens is 363 g/mol. The summed E-state index contributed by atoms with van der Waals surface area (Å²) >= 11 is 0. The first-order valence-electron chi connectivity index (χ1n) is 9.55. The highest BCUT2D eigenvalue weighted by Gasteiger charge is 2.43. The molecule has 1 aromatic carbocycles. The van der Waals surface area contributed by atoms with Crippen LogP contribution in [-0.2, 0) is 9.59 Å². The summed E-state index contributed by atoms with van der Waals surface area (Å²) in [5.41, 5.74) is 1.67. The van der Waals surface area contributed by atoms with Gasteiger partial charge in [0.15, 0.2) is 0 Å². The van der Waals surface area contributed by atoms with Gasteiger partial charge in [0.1, 0.15) is 12.4 Å². The van der Waals surface area contributed by atoms with Gasteiger partial charge in [0, 0.05) is 20.1 Å². The van der Waals surface area contributed by atoms with Gasteiger partial charge in [-0.05, 0) is 37.0 Å². The van der Waals surface area contributed by atoms with E-state index >= 15 is 0 Å². The van der Waals surface area contributed by atoms with Crippen LogP contribution in [0.25, 0.3) is 0 Å². The van der Waals surface area contributed by atoms with Gasteiger partial charge in [-0.2, -0.15) is 0 Å². The predicted molar refractivity (Wildman–Crippen MR) is 99.5 cm³/mol. The first-order valence-corrected chi connectivity index (χ1v) is 9.55. The summed E-state index contributed by atoms with van der Waals surface area (Å²) in [6, 6.07) is 4.75. The van der Waals surface area contributed by atoms with Crippen molar-refractivity contribution in [2.75, 3.05) is 33.2 Å². The molecule has 3 heterocycles. The summed E-state index contributed by atoms with van der Waals surface area (Å²) in [5.74, 6) is -0.710. The van der Waals surface area contributed by atoms with E-state index < -0.39 is 6.04 Å². The fraction of sp³-hybridized carbons (Fsp3) is 0.450. The lowest BCUT2D eigenvalue weighted by Gasteiger charge is -2.31. The number of carbonyl (C=O) groups excluding carboxylic acids is 3. The van der Waals surface area contributed by atoms with Crippen LogP contribution < -0.4 is 5.32 Å². The Hall–Kier alpha value is -2.90. The number of likely N-dealkylation sites (N-methyl/N-ethyl adjacent to an activating group) is 1. The topological polar surface area (TPSA) is 73.0 Å². The molecule has 0 spiro atoms. The van der Waals surface area contributed by atoms with Crippen molar-refractivity contribution in [1.82, 2.24) is 20.0 Å². The average molecular weight is 386 g/mol. The second-order valence-corrected chi connectivity index (χ2v) is 7.46. The van der Waals surface area contributed by atoms with Crippen molar-refractivity contribution in [3.05, 3.63) is 46.9 Å². The van der Waals surface area contributed by atoms with Crippen LogP contribution in [0.15, 0.2) is 35.5 Å². The predicted octanol–water partition coefficient (Wildman–Crippen LogP) is 1.63. The zero-order chi connectivity index (χ0) is 19.8. The maximum atomic E-state index is 13.3. The Balaban J connectivity index is 1.57. The van der Waals surface area contributed by atoms with Crippen molar-refractivity contribution in [2.24, 2.45) is 0 Å². The molecule has 0 bridgehead atoms. The number of amides is 4. The van der Waals surface area contributed by atoms with Gasteiger partial charge in [-0.3, -0.25) is 14.5 Å². The SMILES string of the molecule is CN1C(=O)N[C@H](c2ccc(F)cc2)C2=C1CN(CC(=O)N1CCCCC1)C2=O. The highest BCUT2D eigenvalue weighted by molar-refractivity contribution is 6.02. The summed E-state index contributed by atoms with van der Waals surface area (Å²) in [4.78, 5) is 42.8. The molecule has 4 amide bonds. The Morgan fingerprint density at radius 1 is 1.14 bits per heavy atom. The van der Waals surface area contributed by atoms with Gasteiger partial charge in [0.05, 0.1) is 23.9 Å². The molecular formula is C20H23FN4O3. The molecule has 28 heavy (non-hydrogen) atoms. The molecule has 3 aliphatic rings. The zero-order valence-corrected chi connectivity index (χ0v) is 15.8. The second kappa shape index (κ2) is 7.26. The monoisotopic (exact) mass is 386 g/mol. The van der Waals surface area contributed by atoms with Crippen molar-refractivity contribution in [3.63, 3.8) is 0 Å². The third kappa shape index (κ3) is 3.23. The Morgan fingerprint density at radius 2 is 1.82 bits per heavy atom. The van der Waals surface area contributed by atoms with E-state index in [1.54, 1.807) is 24.1 Å². The quantitative estimate of drug-likeness (QED) is 0.858. The molecule has 7 nitrogen and oxygen atoms in total. The van der Waals surface area contributed by atoms with Crippen LogP contribution in [0, 0.1) is 5.82 Å². The van der Waals surface area contributed by atoms with Gasteiger partial charge in [-0.1, -0.05) is 12.1 Å². The lowest BCUT2D eigenvalue weighted by molar-refractivity contribution is -0.138. The molecule has 0 aromatic heterocycles. The molecule has 1 N–H and O–H groups in total.